The van der Waals surface area contributed by atoms with Crippen molar-refractivity contribution in [3.8, 4) is 0 Å². The van der Waals surface area contributed by atoms with Gasteiger partial charge in [0.15, 0.2) is 0 Å². The summed E-state index contributed by atoms with van der Waals surface area (Å²) in [5.74, 6) is 0. The van der Waals surface area contributed by atoms with Crippen LogP contribution in [0.4, 0.5) is 4.79 Å². The number of aliphatic hydroxyl groups is 1. The van der Waals surface area contributed by atoms with E-state index in [9.17, 15) is 4.79 Å². The van der Waals surface area contributed by atoms with E-state index in [0.29, 0.717) is 6.42 Å². The van der Waals surface area contributed by atoms with Crippen molar-refractivity contribution in [1.82, 2.24) is 5.32 Å². The van der Waals surface area contributed by atoms with Crippen molar-refractivity contribution >= 4 is 6.09 Å². The van der Waals surface area contributed by atoms with E-state index in [-0.39, 0.29) is 12.6 Å². The van der Waals surface area contributed by atoms with Crippen LogP contribution in [-0.2, 0) is 4.74 Å². The van der Waals surface area contributed by atoms with Crippen molar-refractivity contribution in [2.45, 2.75) is 45.8 Å². The SMILES string of the molecule is C/C=C/C[C@H](CO)NC(=O)OC(C)(C)C. The number of alkyl carbamates (subject to hydrolysis) is 1. The number of amides is 1. The largest absolute Gasteiger partial charge is 0.444 e. The molecule has 15 heavy (non-hydrogen) atoms. The number of carbonyl (C=O) groups excluding carboxylic acids is 1. The predicted molar refractivity (Wildman–Crippen MR) is 59.7 cm³/mol. The highest BCUT2D eigenvalue weighted by Gasteiger charge is 2.18. The molecule has 0 saturated carbocycles. The van der Waals surface area contributed by atoms with Crippen LogP contribution in [0.2, 0.25) is 0 Å². The van der Waals surface area contributed by atoms with Crippen molar-refractivity contribution in [2.24, 2.45) is 0 Å². The maximum absolute atomic E-state index is 11.3. The van der Waals surface area contributed by atoms with Gasteiger partial charge in [0.25, 0.3) is 0 Å². The molecule has 1 amide bonds. The first kappa shape index (κ1) is 14.0. The first-order chi connectivity index (χ1) is 6.89. The van der Waals surface area contributed by atoms with Crippen molar-refractivity contribution in [3.05, 3.63) is 12.2 Å². The Morgan fingerprint density at radius 2 is 2.13 bits per heavy atom. The lowest BCUT2D eigenvalue weighted by molar-refractivity contribution is 0.0483. The standard InChI is InChI=1S/C11H21NO3/c1-5-6-7-9(8-13)12-10(14)15-11(2,3)4/h5-6,9,13H,7-8H2,1-4H3,(H,12,14)/b6-5+/t9-/m1/s1. The summed E-state index contributed by atoms with van der Waals surface area (Å²) >= 11 is 0. The molecule has 0 fully saturated rings. The molecular formula is C11H21NO3. The zero-order valence-electron chi connectivity index (χ0n) is 9.91. The van der Waals surface area contributed by atoms with Crippen LogP contribution in [0.15, 0.2) is 12.2 Å². The van der Waals surface area contributed by atoms with Crippen molar-refractivity contribution in [2.75, 3.05) is 6.61 Å². The number of ether oxygens (including phenoxy) is 1. The van der Waals surface area contributed by atoms with Crippen LogP contribution in [0.3, 0.4) is 0 Å². The number of hydrogen-bond acceptors (Lipinski definition) is 3. The fourth-order valence-corrected chi connectivity index (χ4v) is 0.954. The van der Waals surface area contributed by atoms with Gasteiger partial charge in [-0.05, 0) is 34.1 Å². The minimum atomic E-state index is -0.509. The summed E-state index contributed by atoms with van der Waals surface area (Å²) in [4.78, 5) is 11.3. The Balaban J connectivity index is 4.01. The molecule has 0 spiro atoms. The molecule has 0 unspecified atom stereocenters. The molecule has 0 heterocycles. The molecular weight excluding hydrogens is 194 g/mol. The summed E-state index contributed by atoms with van der Waals surface area (Å²) in [7, 11) is 0. The van der Waals surface area contributed by atoms with E-state index >= 15 is 0 Å². The smallest absolute Gasteiger partial charge is 0.407 e. The minimum Gasteiger partial charge on any atom is -0.444 e. The van der Waals surface area contributed by atoms with Gasteiger partial charge in [-0.2, -0.15) is 0 Å². The summed E-state index contributed by atoms with van der Waals surface area (Å²) < 4.78 is 5.06. The molecule has 0 radical (unpaired) electrons. The summed E-state index contributed by atoms with van der Waals surface area (Å²) in [6.07, 6.45) is 3.87. The van der Waals surface area contributed by atoms with E-state index in [1.165, 1.54) is 0 Å². The van der Waals surface area contributed by atoms with Gasteiger partial charge < -0.3 is 15.2 Å². The first-order valence-corrected chi connectivity index (χ1v) is 5.10. The highest BCUT2D eigenvalue weighted by molar-refractivity contribution is 5.68. The van der Waals surface area contributed by atoms with Crippen molar-refractivity contribution in [1.29, 1.82) is 0 Å². The van der Waals surface area contributed by atoms with E-state index in [4.69, 9.17) is 9.84 Å². The third-order valence-corrected chi connectivity index (χ3v) is 1.60. The minimum absolute atomic E-state index is 0.0937. The molecule has 0 aliphatic carbocycles. The second kappa shape index (κ2) is 6.45. The second-order valence-electron chi connectivity index (χ2n) is 4.33. The Labute approximate surface area is 91.3 Å². The molecule has 0 aliphatic rings. The predicted octanol–water partition coefficient (Wildman–Crippen LogP) is 1.84. The average Bonchev–Trinajstić information content (AvgIpc) is 2.09. The molecule has 88 valence electrons. The number of hydrogen-bond donors (Lipinski definition) is 2. The molecule has 0 rings (SSSR count). The van der Waals surface area contributed by atoms with Crippen LogP contribution in [0.5, 0.6) is 0 Å². The van der Waals surface area contributed by atoms with Crippen molar-refractivity contribution < 1.29 is 14.6 Å². The molecule has 4 heteroatoms. The lowest BCUT2D eigenvalue weighted by atomic mass is 10.2. The summed E-state index contributed by atoms with van der Waals surface area (Å²) in [5, 5.41) is 11.6. The van der Waals surface area contributed by atoms with Crippen molar-refractivity contribution in [3.63, 3.8) is 0 Å². The van der Waals surface area contributed by atoms with Gasteiger partial charge in [0.2, 0.25) is 0 Å². The summed E-state index contributed by atoms with van der Waals surface area (Å²) in [6.45, 7) is 7.19. The van der Waals surface area contributed by atoms with Crippen LogP contribution in [-0.4, -0.2) is 29.4 Å². The molecule has 0 aromatic rings. The Kier molecular flexibility index (Phi) is 6.01. The molecule has 2 N–H and O–H groups in total. The van der Waals surface area contributed by atoms with Gasteiger partial charge in [-0.25, -0.2) is 4.79 Å². The van der Waals surface area contributed by atoms with E-state index < -0.39 is 11.7 Å². The number of nitrogens with one attached hydrogen (secondary N) is 1. The van der Waals surface area contributed by atoms with Gasteiger partial charge in [0, 0.05) is 0 Å². The van der Waals surface area contributed by atoms with Gasteiger partial charge >= 0.3 is 6.09 Å². The number of rotatable bonds is 4. The average molecular weight is 215 g/mol. The van der Waals surface area contributed by atoms with Crippen LogP contribution in [0.25, 0.3) is 0 Å². The third-order valence-electron chi connectivity index (χ3n) is 1.60. The number of allylic oxidation sites excluding steroid dienone is 1. The fourth-order valence-electron chi connectivity index (χ4n) is 0.954. The Bertz CT molecular complexity index is 218. The van der Waals surface area contributed by atoms with Gasteiger partial charge in [0.1, 0.15) is 5.60 Å². The van der Waals surface area contributed by atoms with Gasteiger partial charge in [-0.1, -0.05) is 12.2 Å². The summed E-state index contributed by atoms with van der Waals surface area (Å²) in [5.41, 5.74) is -0.509. The van der Waals surface area contributed by atoms with Crippen LogP contribution >= 0.6 is 0 Å². The normalized spacial score (nSPS) is 13.9. The van der Waals surface area contributed by atoms with E-state index in [1.54, 1.807) is 20.8 Å². The van der Waals surface area contributed by atoms with E-state index in [1.807, 2.05) is 19.1 Å². The van der Waals surface area contributed by atoms with Gasteiger partial charge in [0.05, 0.1) is 12.6 Å². The maximum Gasteiger partial charge on any atom is 0.407 e. The Morgan fingerprint density at radius 3 is 2.53 bits per heavy atom. The molecule has 4 nitrogen and oxygen atoms in total. The van der Waals surface area contributed by atoms with Gasteiger partial charge in [-0.3, -0.25) is 0 Å². The topological polar surface area (TPSA) is 58.6 Å². The molecule has 0 aromatic heterocycles. The second-order valence-corrected chi connectivity index (χ2v) is 4.33. The maximum atomic E-state index is 11.3. The fraction of sp³-hybridized carbons (Fsp3) is 0.727. The molecule has 0 aliphatic heterocycles. The highest BCUT2D eigenvalue weighted by atomic mass is 16.6. The number of aliphatic hydroxyl groups excluding tert-OH is 1. The first-order valence-electron chi connectivity index (χ1n) is 5.10. The summed E-state index contributed by atoms with van der Waals surface area (Å²) in [6, 6.07) is -0.281. The zero-order chi connectivity index (χ0) is 11.9. The molecule has 0 bridgehead atoms. The number of carbonyl (C=O) groups is 1. The molecule has 0 saturated heterocycles. The Morgan fingerprint density at radius 1 is 1.53 bits per heavy atom. The molecule has 0 aromatic carbocycles. The lowest BCUT2D eigenvalue weighted by Crippen LogP contribution is -2.40. The molecule has 1 atom stereocenters. The monoisotopic (exact) mass is 215 g/mol. The Hall–Kier alpha value is -1.03. The van der Waals surface area contributed by atoms with Crippen LogP contribution < -0.4 is 5.32 Å². The third kappa shape index (κ3) is 8.00. The van der Waals surface area contributed by atoms with Crippen LogP contribution in [0, 0.1) is 0 Å². The van der Waals surface area contributed by atoms with Gasteiger partial charge in [-0.15, -0.1) is 0 Å². The zero-order valence-corrected chi connectivity index (χ0v) is 9.91. The highest BCUT2D eigenvalue weighted by Crippen LogP contribution is 2.07. The van der Waals surface area contributed by atoms with E-state index in [0.717, 1.165) is 0 Å². The van der Waals surface area contributed by atoms with E-state index in [2.05, 4.69) is 5.32 Å². The quantitative estimate of drug-likeness (QED) is 0.703. The van der Waals surface area contributed by atoms with Crippen LogP contribution in [0.1, 0.15) is 34.1 Å². The lowest BCUT2D eigenvalue weighted by Gasteiger charge is -2.22.